The molecule has 3 aromatic rings. The van der Waals surface area contributed by atoms with Gasteiger partial charge in [0, 0.05) is 37.9 Å². The van der Waals surface area contributed by atoms with Gasteiger partial charge in [-0.1, -0.05) is 76.1 Å². The Labute approximate surface area is 234 Å². The fraction of sp³-hybridized carbons (Fsp3) is 0.455. The van der Waals surface area contributed by atoms with Crippen molar-refractivity contribution in [2.75, 3.05) is 20.2 Å². The number of ether oxygens (including phenoxy) is 1. The minimum atomic E-state index is -0.0272. The van der Waals surface area contributed by atoms with Gasteiger partial charge in [-0.3, -0.25) is 9.59 Å². The van der Waals surface area contributed by atoms with Gasteiger partial charge in [0.2, 0.25) is 11.8 Å². The second-order valence-electron chi connectivity index (χ2n) is 10.7. The van der Waals surface area contributed by atoms with Gasteiger partial charge in [0.15, 0.2) is 0 Å². The van der Waals surface area contributed by atoms with Crippen LogP contribution in [0.1, 0.15) is 69.7 Å². The number of nitrogens with zero attached hydrogens (tertiary/aromatic N) is 3. The molecule has 0 aliphatic heterocycles. The maximum absolute atomic E-state index is 13.8. The molecule has 3 rings (SSSR count). The summed E-state index contributed by atoms with van der Waals surface area (Å²) in [6, 6.07) is 22.2. The molecular weight excluding hydrogens is 486 g/mol. The Morgan fingerprint density at radius 1 is 0.872 bits per heavy atom. The summed E-state index contributed by atoms with van der Waals surface area (Å²) in [5.74, 6) is 1.35. The van der Waals surface area contributed by atoms with E-state index in [4.69, 9.17) is 4.74 Å². The summed E-state index contributed by atoms with van der Waals surface area (Å²) >= 11 is 0. The van der Waals surface area contributed by atoms with Crippen molar-refractivity contribution in [2.45, 2.75) is 72.5 Å². The smallest absolute Gasteiger partial charge is 0.242 e. The number of amides is 2. The number of aromatic nitrogens is 1. The van der Waals surface area contributed by atoms with Gasteiger partial charge in [-0.25, -0.2) is 0 Å². The Balaban J connectivity index is 1.79. The molecule has 210 valence electrons. The minimum Gasteiger partial charge on any atom is -0.497 e. The molecule has 1 heterocycles. The molecule has 0 N–H and O–H groups in total. The lowest BCUT2D eigenvalue weighted by Gasteiger charge is -2.29. The van der Waals surface area contributed by atoms with Crippen molar-refractivity contribution in [1.82, 2.24) is 14.4 Å². The van der Waals surface area contributed by atoms with Gasteiger partial charge < -0.3 is 19.1 Å². The number of carbonyl (C=O) groups excluding carboxylic acids is 2. The fourth-order valence-corrected chi connectivity index (χ4v) is 4.60. The molecule has 0 bridgehead atoms. The summed E-state index contributed by atoms with van der Waals surface area (Å²) < 4.78 is 7.57. The predicted molar refractivity (Wildman–Crippen MR) is 157 cm³/mol. The van der Waals surface area contributed by atoms with Crippen LogP contribution in [0.2, 0.25) is 0 Å². The Morgan fingerprint density at radius 3 is 2.36 bits per heavy atom. The minimum absolute atomic E-state index is 0.0272. The monoisotopic (exact) mass is 531 g/mol. The van der Waals surface area contributed by atoms with Crippen molar-refractivity contribution in [3.05, 3.63) is 89.7 Å². The van der Waals surface area contributed by atoms with E-state index in [1.807, 2.05) is 65.7 Å². The van der Waals surface area contributed by atoms with Crippen molar-refractivity contribution in [3.8, 4) is 5.75 Å². The Hall–Kier alpha value is -3.54. The molecule has 2 aromatic carbocycles. The molecule has 0 fully saturated rings. The summed E-state index contributed by atoms with van der Waals surface area (Å²) in [4.78, 5) is 30.6. The molecule has 0 saturated carbocycles. The highest BCUT2D eigenvalue weighted by Gasteiger charge is 2.22. The fourth-order valence-electron chi connectivity index (χ4n) is 4.60. The van der Waals surface area contributed by atoms with E-state index in [2.05, 4.69) is 37.5 Å². The normalized spacial score (nSPS) is 11.0. The molecular formula is C33H45N3O3. The molecule has 0 atom stereocenters. The Morgan fingerprint density at radius 2 is 1.64 bits per heavy atom. The van der Waals surface area contributed by atoms with E-state index >= 15 is 0 Å². The highest BCUT2D eigenvalue weighted by atomic mass is 16.5. The van der Waals surface area contributed by atoms with E-state index in [1.54, 1.807) is 12.0 Å². The summed E-state index contributed by atoms with van der Waals surface area (Å²) in [7, 11) is 1.67. The molecule has 0 aliphatic carbocycles. The maximum atomic E-state index is 13.8. The molecule has 6 nitrogen and oxygen atoms in total. The average Bonchev–Trinajstić information content (AvgIpc) is 3.37. The van der Waals surface area contributed by atoms with Crippen LogP contribution >= 0.6 is 0 Å². The summed E-state index contributed by atoms with van der Waals surface area (Å²) in [5, 5.41) is 0. The highest BCUT2D eigenvalue weighted by molar-refractivity contribution is 5.84. The number of unbranched alkanes of at least 4 members (excludes halogenated alkanes) is 2. The quantitative estimate of drug-likeness (QED) is 0.198. The van der Waals surface area contributed by atoms with Crippen molar-refractivity contribution in [3.63, 3.8) is 0 Å². The van der Waals surface area contributed by atoms with Gasteiger partial charge in [0.05, 0.1) is 20.2 Å². The van der Waals surface area contributed by atoms with Crippen LogP contribution in [0.5, 0.6) is 5.75 Å². The molecule has 0 radical (unpaired) electrons. The lowest BCUT2D eigenvalue weighted by atomic mass is 10.1. The van der Waals surface area contributed by atoms with Crippen molar-refractivity contribution in [2.24, 2.45) is 5.92 Å². The summed E-state index contributed by atoms with van der Waals surface area (Å²) in [5.41, 5.74) is 3.25. The number of rotatable bonds is 16. The lowest BCUT2D eigenvalue weighted by Crippen LogP contribution is -2.43. The van der Waals surface area contributed by atoms with Gasteiger partial charge in [-0.15, -0.1) is 0 Å². The predicted octanol–water partition coefficient (Wildman–Crippen LogP) is 6.53. The van der Waals surface area contributed by atoms with E-state index in [-0.39, 0.29) is 18.4 Å². The van der Waals surface area contributed by atoms with Gasteiger partial charge in [-0.05, 0) is 54.2 Å². The Kier molecular flexibility index (Phi) is 12.1. The highest BCUT2D eigenvalue weighted by Crippen LogP contribution is 2.18. The molecule has 0 spiro atoms. The molecule has 0 unspecified atom stereocenters. The number of hydrogen-bond donors (Lipinski definition) is 0. The van der Waals surface area contributed by atoms with Crippen LogP contribution in [0, 0.1) is 5.92 Å². The van der Waals surface area contributed by atoms with Gasteiger partial charge in [-0.2, -0.15) is 0 Å². The largest absolute Gasteiger partial charge is 0.497 e. The Bertz CT molecular complexity index is 1160. The van der Waals surface area contributed by atoms with E-state index in [0.29, 0.717) is 38.5 Å². The zero-order valence-corrected chi connectivity index (χ0v) is 24.1. The van der Waals surface area contributed by atoms with Crippen molar-refractivity contribution in [1.29, 1.82) is 0 Å². The van der Waals surface area contributed by atoms with Gasteiger partial charge >= 0.3 is 0 Å². The van der Waals surface area contributed by atoms with Gasteiger partial charge in [0.25, 0.3) is 0 Å². The zero-order valence-electron chi connectivity index (χ0n) is 24.1. The topological polar surface area (TPSA) is 54.8 Å². The molecule has 0 aliphatic rings. The van der Waals surface area contributed by atoms with Crippen LogP contribution in [-0.4, -0.2) is 46.4 Å². The number of carbonyl (C=O) groups is 2. The van der Waals surface area contributed by atoms with Crippen molar-refractivity contribution >= 4 is 11.8 Å². The number of methoxy groups -OCH3 is 1. The van der Waals surface area contributed by atoms with Crippen molar-refractivity contribution < 1.29 is 14.3 Å². The molecule has 1 aromatic heterocycles. The lowest BCUT2D eigenvalue weighted by molar-refractivity contribution is -0.141. The second-order valence-corrected chi connectivity index (χ2v) is 10.7. The standard InChI is InChI=1S/C33H45N3O3/c1-5-6-8-18-32(37)35(21-19-27(2)3)26-33(38)36(23-28-13-9-7-10-14-28)25-30-16-12-20-34(30)24-29-15-11-17-31(22-29)39-4/h7,9-17,20,22,27H,5-6,8,18-19,21,23-26H2,1-4H3. The van der Waals surface area contributed by atoms with Crippen LogP contribution in [0.15, 0.2) is 72.9 Å². The van der Waals surface area contributed by atoms with E-state index < -0.39 is 0 Å². The third-order valence-corrected chi connectivity index (χ3v) is 6.98. The van der Waals surface area contributed by atoms with Crippen LogP contribution < -0.4 is 4.74 Å². The van der Waals surface area contributed by atoms with Crippen LogP contribution in [0.4, 0.5) is 0 Å². The average molecular weight is 532 g/mol. The summed E-state index contributed by atoms with van der Waals surface area (Å²) in [6.07, 6.45) is 6.40. The molecule has 0 saturated heterocycles. The first-order valence-electron chi connectivity index (χ1n) is 14.3. The van der Waals surface area contributed by atoms with E-state index in [0.717, 1.165) is 48.3 Å². The third kappa shape index (κ3) is 9.93. The SMILES string of the molecule is CCCCCC(=O)N(CCC(C)C)CC(=O)N(Cc1ccccc1)Cc1cccn1Cc1cccc(OC)c1. The van der Waals surface area contributed by atoms with Crippen LogP contribution in [0.3, 0.4) is 0 Å². The first-order valence-corrected chi connectivity index (χ1v) is 14.3. The second kappa shape index (κ2) is 15.8. The molecule has 2 amide bonds. The first-order chi connectivity index (χ1) is 18.9. The van der Waals surface area contributed by atoms with Gasteiger partial charge in [0.1, 0.15) is 5.75 Å². The van der Waals surface area contributed by atoms with Crippen LogP contribution in [-0.2, 0) is 29.2 Å². The first kappa shape index (κ1) is 30.0. The zero-order chi connectivity index (χ0) is 28.0. The third-order valence-electron chi connectivity index (χ3n) is 6.98. The van der Waals surface area contributed by atoms with E-state index in [1.165, 1.54) is 0 Å². The van der Waals surface area contributed by atoms with E-state index in [9.17, 15) is 9.59 Å². The summed E-state index contributed by atoms with van der Waals surface area (Å²) in [6.45, 7) is 8.80. The number of benzene rings is 2. The molecule has 39 heavy (non-hydrogen) atoms. The maximum Gasteiger partial charge on any atom is 0.242 e. The number of hydrogen-bond acceptors (Lipinski definition) is 3. The van der Waals surface area contributed by atoms with Crippen LogP contribution in [0.25, 0.3) is 0 Å². The molecule has 6 heteroatoms.